The van der Waals surface area contributed by atoms with Crippen molar-refractivity contribution in [3.63, 3.8) is 0 Å². The first-order chi connectivity index (χ1) is 27.6. The zero-order chi connectivity index (χ0) is 43.0. The Morgan fingerprint density at radius 1 is 0.831 bits per heavy atom. The van der Waals surface area contributed by atoms with Gasteiger partial charge < -0.3 is 14.7 Å². The van der Waals surface area contributed by atoms with Gasteiger partial charge in [0.1, 0.15) is 0 Å². The standard InChI is InChI=1S/C44H43F6N5O4/c1-9-27-20(4)29-17-34-36(19(2)3)22(6)31(52-34)15-30-21(5)28(10-11-35(56)59-8)39(53-30)38-40-37(23(7)32(54-40)16-33(27)51-29)41(57)55(42(38)58)18-24-12-25(43(45,46)47)14-26(13-24)44(48,49)50/h12-17,19,21,28,53-54H,9-11,18H2,1-8H3/t21-,28-/m0/s1. The van der Waals surface area contributed by atoms with E-state index >= 15 is 0 Å². The molecule has 0 spiro atoms. The Morgan fingerprint density at radius 3 is 2.03 bits per heavy atom. The van der Waals surface area contributed by atoms with E-state index in [4.69, 9.17) is 14.7 Å². The van der Waals surface area contributed by atoms with Gasteiger partial charge in [-0.05, 0) is 109 Å². The summed E-state index contributed by atoms with van der Waals surface area (Å²) in [5.74, 6) is -3.17. The number of rotatable bonds is 7. The van der Waals surface area contributed by atoms with Crippen molar-refractivity contribution in [3.05, 3.63) is 104 Å². The van der Waals surface area contributed by atoms with Gasteiger partial charge in [0.05, 0.1) is 64.2 Å². The van der Waals surface area contributed by atoms with Gasteiger partial charge >= 0.3 is 18.3 Å². The average Bonchev–Trinajstić information content (AvgIpc) is 3.84. The summed E-state index contributed by atoms with van der Waals surface area (Å²) in [6, 6.07) is 6.66. The SMILES string of the molecule is CCC1=C(C)c2cc3nc(cc4[nH]c(c5c6[nH]c(cc1n2)c(C)c6C(=O)N(Cc1cc(C(F)(F)F)cc(C(F)(F)F)c1)C5=O)[C@@H](CCC(=O)OC)[C@@H]4C)C(C)=C3C(C)C. The lowest BCUT2D eigenvalue weighted by Crippen LogP contribution is -2.40. The fraction of sp³-hybridized carbons (Fsp3) is 0.386. The van der Waals surface area contributed by atoms with Crippen molar-refractivity contribution in [2.24, 2.45) is 5.92 Å². The highest BCUT2D eigenvalue weighted by atomic mass is 19.4. The minimum atomic E-state index is -5.15. The molecule has 0 radical (unpaired) electrons. The van der Waals surface area contributed by atoms with Crippen LogP contribution in [0.3, 0.4) is 0 Å². The molecule has 2 N–H and O–H groups in total. The summed E-state index contributed by atoms with van der Waals surface area (Å²) >= 11 is 0. The number of hydrogen-bond donors (Lipinski definition) is 2. The molecule has 1 aromatic carbocycles. The van der Waals surface area contributed by atoms with E-state index in [2.05, 4.69) is 23.8 Å². The number of fused-ring (bicyclic) bond motifs is 8. The topological polar surface area (TPSA) is 121 Å². The minimum absolute atomic E-state index is 0.00258. The van der Waals surface area contributed by atoms with Crippen LogP contribution in [-0.2, 0) is 28.4 Å². The smallest absolute Gasteiger partial charge is 0.416 e. The molecule has 0 saturated carbocycles. The maximum absolute atomic E-state index is 14.9. The molecule has 0 unspecified atom stereocenters. The molecule has 4 aliphatic heterocycles. The van der Waals surface area contributed by atoms with E-state index in [0.717, 1.165) is 28.0 Å². The zero-order valence-electron chi connectivity index (χ0n) is 33.8. The third kappa shape index (κ3) is 7.22. The van der Waals surface area contributed by atoms with Crippen LogP contribution in [0, 0.1) is 12.8 Å². The number of nitrogens with one attached hydrogen (secondary N) is 2. The van der Waals surface area contributed by atoms with Gasteiger partial charge in [-0.3, -0.25) is 19.3 Å². The van der Waals surface area contributed by atoms with E-state index in [1.165, 1.54) is 7.11 Å². The second kappa shape index (κ2) is 14.8. The number of aryl methyl sites for hydroxylation is 1. The number of carbonyl (C=O) groups is 3. The summed E-state index contributed by atoms with van der Waals surface area (Å²) in [6.45, 7) is 12.8. The fourth-order valence-corrected chi connectivity index (χ4v) is 8.71. The summed E-state index contributed by atoms with van der Waals surface area (Å²) < 4.78 is 88.7. The molecule has 2 aromatic heterocycles. The number of H-pyrrole nitrogens is 2. The van der Waals surface area contributed by atoms with Gasteiger partial charge in [-0.2, -0.15) is 26.3 Å². The summed E-state index contributed by atoms with van der Waals surface area (Å²) in [5.41, 5.74) is 4.83. The number of ether oxygens (including phenoxy) is 1. The number of alkyl halides is 6. The second-order valence-electron chi connectivity index (χ2n) is 15.8. The van der Waals surface area contributed by atoms with Crippen molar-refractivity contribution in [3.8, 4) is 0 Å². The van der Waals surface area contributed by atoms with E-state index in [9.17, 15) is 40.7 Å². The molecular weight excluding hydrogens is 777 g/mol. The number of allylic oxidation sites excluding steroid dienone is 4. The molecule has 15 heteroatoms. The summed E-state index contributed by atoms with van der Waals surface area (Å²) in [5, 5.41) is 0. The number of hydrogen-bond acceptors (Lipinski definition) is 6. The van der Waals surface area contributed by atoms with Crippen molar-refractivity contribution < 1.29 is 45.5 Å². The molecule has 3 aromatic rings. The van der Waals surface area contributed by atoms with Gasteiger partial charge in [0.2, 0.25) is 0 Å². The van der Waals surface area contributed by atoms with Gasteiger partial charge in [0.15, 0.2) is 0 Å². The molecule has 2 atom stereocenters. The molecule has 2 amide bonds. The van der Waals surface area contributed by atoms with Gasteiger partial charge in [-0.25, -0.2) is 9.97 Å². The van der Waals surface area contributed by atoms with E-state index < -0.39 is 59.3 Å². The molecule has 0 aliphatic carbocycles. The number of methoxy groups -OCH3 is 1. The van der Waals surface area contributed by atoms with Crippen LogP contribution in [0.2, 0.25) is 0 Å². The number of imide groups is 1. The van der Waals surface area contributed by atoms with Crippen LogP contribution in [0.4, 0.5) is 26.3 Å². The van der Waals surface area contributed by atoms with E-state index in [1.54, 1.807) is 13.0 Å². The van der Waals surface area contributed by atoms with Crippen LogP contribution < -0.4 is 0 Å². The highest BCUT2D eigenvalue weighted by Gasteiger charge is 2.42. The molecular formula is C44H43F6N5O4. The Labute approximate surface area is 336 Å². The molecule has 4 aliphatic rings. The number of halogens is 6. The predicted molar refractivity (Wildman–Crippen MR) is 210 cm³/mol. The average molecular weight is 820 g/mol. The van der Waals surface area contributed by atoms with Gasteiger partial charge in [-0.1, -0.05) is 27.7 Å². The van der Waals surface area contributed by atoms with Crippen molar-refractivity contribution in [2.45, 2.75) is 98.5 Å². The lowest BCUT2D eigenvalue weighted by atomic mass is 9.84. The monoisotopic (exact) mass is 819 g/mol. The largest absolute Gasteiger partial charge is 0.469 e. The van der Waals surface area contributed by atoms with Crippen LogP contribution >= 0.6 is 0 Å². The first-order valence-corrected chi connectivity index (χ1v) is 19.3. The third-order valence-electron chi connectivity index (χ3n) is 11.8. The van der Waals surface area contributed by atoms with Crippen LogP contribution in [0.25, 0.3) is 33.3 Å². The van der Waals surface area contributed by atoms with Gasteiger partial charge in [0.25, 0.3) is 11.8 Å². The lowest BCUT2D eigenvalue weighted by molar-refractivity contribution is -0.143. The highest BCUT2D eigenvalue weighted by Crippen LogP contribution is 2.46. The molecule has 0 saturated heterocycles. The van der Waals surface area contributed by atoms with E-state index in [-0.39, 0.29) is 47.4 Å². The first-order valence-electron chi connectivity index (χ1n) is 19.3. The van der Waals surface area contributed by atoms with Crippen LogP contribution in [-0.4, -0.2) is 49.7 Å². The highest BCUT2D eigenvalue weighted by molar-refractivity contribution is 6.23. The normalized spacial score (nSPS) is 17.7. The summed E-state index contributed by atoms with van der Waals surface area (Å²) in [4.78, 5) is 59.5. The fourth-order valence-electron chi connectivity index (χ4n) is 8.71. The summed E-state index contributed by atoms with van der Waals surface area (Å²) in [7, 11) is 1.26. The maximum Gasteiger partial charge on any atom is 0.416 e. The third-order valence-corrected chi connectivity index (χ3v) is 11.8. The molecule has 6 heterocycles. The number of carbonyl (C=O) groups excluding carboxylic acids is 3. The van der Waals surface area contributed by atoms with Crippen molar-refractivity contribution in [1.29, 1.82) is 0 Å². The van der Waals surface area contributed by atoms with Crippen molar-refractivity contribution in [2.75, 3.05) is 7.11 Å². The Bertz CT molecular complexity index is 2560. The maximum atomic E-state index is 14.9. The first kappa shape index (κ1) is 41.4. The van der Waals surface area contributed by atoms with Gasteiger partial charge in [0, 0.05) is 35.2 Å². The summed E-state index contributed by atoms with van der Waals surface area (Å²) in [6.07, 6.45) is -9.54. The molecule has 59 heavy (non-hydrogen) atoms. The Kier molecular flexibility index (Phi) is 10.4. The van der Waals surface area contributed by atoms with Crippen molar-refractivity contribution in [1.82, 2.24) is 24.8 Å². The molecule has 9 nitrogen and oxygen atoms in total. The predicted octanol–water partition coefficient (Wildman–Crippen LogP) is 10.9. The molecule has 8 bridgehead atoms. The van der Waals surface area contributed by atoms with Crippen LogP contribution in [0.5, 0.6) is 0 Å². The molecule has 310 valence electrons. The number of aromatic nitrogens is 4. The Hall–Kier alpha value is -5.73. The van der Waals surface area contributed by atoms with Crippen LogP contribution in [0.1, 0.15) is 150 Å². The number of amides is 2. The number of benzene rings is 1. The van der Waals surface area contributed by atoms with E-state index in [0.29, 0.717) is 63.0 Å². The molecule has 7 rings (SSSR count). The quantitative estimate of drug-likeness (QED) is 0.139. The lowest BCUT2D eigenvalue weighted by Gasteiger charge is -2.28. The van der Waals surface area contributed by atoms with Gasteiger partial charge in [-0.15, -0.1) is 0 Å². The number of aromatic amines is 2. The number of nitrogens with zero attached hydrogens (tertiary/aromatic N) is 3. The van der Waals surface area contributed by atoms with E-state index in [1.807, 2.05) is 39.8 Å². The zero-order valence-corrected chi connectivity index (χ0v) is 33.8. The number of esters is 1. The Balaban J connectivity index is 1.57. The van der Waals surface area contributed by atoms with Crippen LogP contribution in [0.15, 0.2) is 36.4 Å². The minimum Gasteiger partial charge on any atom is -0.469 e. The Morgan fingerprint density at radius 2 is 1.44 bits per heavy atom. The van der Waals surface area contributed by atoms with Crippen molar-refractivity contribution >= 4 is 51.1 Å². The molecule has 0 fully saturated rings. The second-order valence-corrected chi connectivity index (χ2v) is 15.8.